The number of imidazole rings is 1. The number of aromatic nitrogens is 2. The van der Waals surface area contributed by atoms with Crippen LogP contribution in [0.25, 0.3) is 0 Å². The highest BCUT2D eigenvalue weighted by Crippen LogP contribution is 2.37. The smallest absolute Gasteiger partial charge is 0.490 e. The van der Waals surface area contributed by atoms with Crippen molar-refractivity contribution >= 4 is 23.7 Å². The molecule has 4 N–H and O–H groups in total. The predicted molar refractivity (Wildman–Crippen MR) is 125 cm³/mol. The topological polar surface area (TPSA) is 143 Å². The van der Waals surface area contributed by atoms with Gasteiger partial charge in [-0.1, -0.05) is 6.07 Å². The van der Waals surface area contributed by atoms with Gasteiger partial charge < -0.3 is 24.9 Å². The molecule has 0 unspecified atom stereocenters. The number of carboxylic acid groups (broad SMARTS) is 1. The van der Waals surface area contributed by atoms with Crippen LogP contribution in [0.3, 0.4) is 0 Å². The average Bonchev–Trinajstić information content (AvgIpc) is 3.55. The van der Waals surface area contributed by atoms with E-state index in [0.29, 0.717) is 18.9 Å². The van der Waals surface area contributed by atoms with Crippen LogP contribution in [0.2, 0.25) is 0 Å². The summed E-state index contributed by atoms with van der Waals surface area (Å²) in [4.78, 5) is 40.4. The van der Waals surface area contributed by atoms with Crippen molar-refractivity contribution in [3.05, 3.63) is 36.2 Å². The van der Waals surface area contributed by atoms with Gasteiger partial charge in [0.25, 0.3) is 0 Å². The van der Waals surface area contributed by atoms with Gasteiger partial charge in [0.1, 0.15) is 0 Å². The first-order valence-electron chi connectivity index (χ1n) is 11.8. The molecule has 0 bridgehead atoms. The molecule has 1 aromatic carbocycles. The maximum Gasteiger partial charge on any atom is 0.490 e. The van der Waals surface area contributed by atoms with Crippen LogP contribution in [-0.2, 0) is 14.4 Å². The lowest BCUT2D eigenvalue weighted by Crippen LogP contribution is -2.42. The van der Waals surface area contributed by atoms with Crippen LogP contribution in [0.4, 0.5) is 19.1 Å². The van der Waals surface area contributed by atoms with E-state index in [4.69, 9.17) is 19.4 Å². The van der Waals surface area contributed by atoms with E-state index < -0.39 is 12.1 Å². The molecule has 10 nitrogen and oxygen atoms in total. The highest BCUT2D eigenvalue weighted by Gasteiger charge is 2.38. The van der Waals surface area contributed by atoms with E-state index in [1.165, 1.54) is 12.8 Å². The molecule has 0 spiro atoms. The molecule has 2 aliphatic rings. The fourth-order valence-corrected chi connectivity index (χ4v) is 4.30. The van der Waals surface area contributed by atoms with E-state index in [2.05, 4.69) is 20.6 Å². The number of anilines is 1. The van der Waals surface area contributed by atoms with Crippen molar-refractivity contribution in [1.29, 1.82) is 0 Å². The minimum atomic E-state index is -5.08. The first-order valence-corrected chi connectivity index (χ1v) is 11.8. The summed E-state index contributed by atoms with van der Waals surface area (Å²) in [5.74, 6) is -1.49. The number of halogens is 3. The fraction of sp³-hybridized carbons (Fsp3) is 0.500. The molecule has 2 heterocycles. The largest absolute Gasteiger partial charge is 0.493 e. The Kier molecular flexibility index (Phi) is 9.36. The van der Waals surface area contributed by atoms with Gasteiger partial charge in [-0.2, -0.15) is 13.2 Å². The van der Waals surface area contributed by atoms with E-state index in [0.717, 1.165) is 29.9 Å². The molecule has 13 heteroatoms. The zero-order valence-electron chi connectivity index (χ0n) is 20.1. The van der Waals surface area contributed by atoms with Crippen molar-refractivity contribution in [2.24, 2.45) is 5.92 Å². The lowest BCUT2D eigenvalue weighted by atomic mass is 9.83. The molecule has 1 saturated carbocycles. The summed E-state index contributed by atoms with van der Waals surface area (Å²) in [5, 5.41) is 12.8. The predicted octanol–water partition coefficient (Wildman–Crippen LogP) is 3.62. The summed E-state index contributed by atoms with van der Waals surface area (Å²) in [6.45, 7) is 0.546. The van der Waals surface area contributed by atoms with Crippen LogP contribution >= 0.6 is 0 Å². The molecule has 2 atom stereocenters. The third kappa shape index (κ3) is 8.12. The Balaban J connectivity index is 0.000000479. The Morgan fingerprint density at radius 3 is 2.51 bits per heavy atom. The molecule has 202 valence electrons. The molecule has 1 aliphatic carbocycles. The molecular weight excluding hydrogens is 497 g/mol. The average molecular weight is 527 g/mol. The Bertz CT molecular complexity index is 1070. The maximum atomic E-state index is 12.3. The molecule has 1 aliphatic heterocycles. The van der Waals surface area contributed by atoms with E-state index in [1.807, 2.05) is 18.2 Å². The Morgan fingerprint density at radius 2 is 1.92 bits per heavy atom. The number of alkyl halides is 3. The SMILES string of the molecule is COc1ccc([C@H]2CNC(=O)[C@@H](CC(=O)Nc3ncc[nH]3)C2)cc1OC1CCCC1.O=C(O)C(F)(F)F. The normalized spacial score (nSPS) is 19.8. The van der Waals surface area contributed by atoms with Crippen LogP contribution in [0, 0.1) is 5.92 Å². The number of ether oxygens (including phenoxy) is 2. The summed E-state index contributed by atoms with van der Waals surface area (Å²) < 4.78 is 43.4. The fourth-order valence-electron chi connectivity index (χ4n) is 4.30. The number of methoxy groups -OCH3 is 1. The first-order chi connectivity index (χ1) is 17.6. The van der Waals surface area contributed by atoms with Crippen LogP contribution in [0.5, 0.6) is 11.5 Å². The van der Waals surface area contributed by atoms with Gasteiger partial charge in [0.2, 0.25) is 17.8 Å². The molecule has 2 amide bonds. The Labute approximate surface area is 210 Å². The molecule has 4 rings (SSSR count). The molecule has 0 radical (unpaired) electrons. The summed E-state index contributed by atoms with van der Waals surface area (Å²) in [6, 6.07) is 5.97. The zero-order chi connectivity index (χ0) is 27.0. The van der Waals surface area contributed by atoms with Gasteiger partial charge in [-0.15, -0.1) is 0 Å². The summed E-state index contributed by atoms with van der Waals surface area (Å²) >= 11 is 0. The second-order valence-electron chi connectivity index (χ2n) is 8.80. The number of H-pyrrole nitrogens is 1. The van der Waals surface area contributed by atoms with E-state index >= 15 is 0 Å². The number of nitrogens with zero attached hydrogens (tertiary/aromatic N) is 1. The number of aromatic amines is 1. The maximum absolute atomic E-state index is 12.3. The summed E-state index contributed by atoms with van der Waals surface area (Å²) in [5.41, 5.74) is 1.08. The molecule has 2 fully saturated rings. The molecule has 37 heavy (non-hydrogen) atoms. The van der Waals surface area contributed by atoms with Crippen molar-refractivity contribution in [1.82, 2.24) is 15.3 Å². The molecule has 2 aromatic rings. The highest BCUT2D eigenvalue weighted by molar-refractivity contribution is 5.93. The first kappa shape index (κ1) is 27.8. The number of aliphatic carboxylic acids is 1. The third-order valence-electron chi connectivity index (χ3n) is 6.15. The molecular formula is C24H29F3N4O6. The minimum Gasteiger partial charge on any atom is -0.493 e. The summed E-state index contributed by atoms with van der Waals surface area (Å²) in [7, 11) is 1.64. The van der Waals surface area contributed by atoms with E-state index in [1.54, 1.807) is 19.5 Å². The minimum absolute atomic E-state index is 0.0863. The number of nitrogens with one attached hydrogen (secondary N) is 3. The van der Waals surface area contributed by atoms with Crippen LogP contribution in [0.15, 0.2) is 30.6 Å². The standard InChI is InChI=1S/C22H28N4O4.C2HF3O2/c1-29-18-7-6-14(11-19(18)30-17-4-2-3-5-17)16-10-15(21(28)25-13-16)12-20(27)26-22-23-8-9-24-22;3-2(4,5)1(6)7/h6-9,11,15-17H,2-5,10,12-13H2,1H3,(H,25,28)(H2,23,24,26,27);(H,6,7)/t15-,16-;/m1./s1. The number of amides is 2. The quantitative estimate of drug-likeness (QED) is 0.432. The zero-order valence-corrected chi connectivity index (χ0v) is 20.1. The van der Waals surface area contributed by atoms with Gasteiger partial charge in [-0.25, -0.2) is 9.78 Å². The van der Waals surface area contributed by atoms with Crippen molar-refractivity contribution in [2.75, 3.05) is 19.0 Å². The molecule has 1 aromatic heterocycles. The van der Waals surface area contributed by atoms with Crippen LogP contribution in [-0.4, -0.2) is 58.8 Å². The van der Waals surface area contributed by atoms with E-state index in [-0.39, 0.29) is 36.2 Å². The van der Waals surface area contributed by atoms with Gasteiger partial charge in [0.05, 0.1) is 13.2 Å². The number of carboxylic acids is 1. The van der Waals surface area contributed by atoms with Gasteiger partial charge >= 0.3 is 12.1 Å². The highest BCUT2D eigenvalue weighted by atomic mass is 19.4. The monoisotopic (exact) mass is 526 g/mol. The van der Waals surface area contributed by atoms with Crippen molar-refractivity contribution in [3.8, 4) is 11.5 Å². The van der Waals surface area contributed by atoms with Crippen molar-refractivity contribution in [3.63, 3.8) is 0 Å². The second-order valence-corrected chi connectivity index (χ2v) is 8.80. The van der Waals surface area contributed by atoms with Crippen molar-refractivity contribution < 1.29 is 42.1 Å². The number of hydrogen-bond donors (Lipinski definition) is 4. The second kappa shape index (κ2) is 12.5. The van der Waals surface area contributed by atoms with Crippen LogP contribution < -0.4 is 20.1 Å². The lowest BCUT2D eigenvalue weighted by Gasteiger charge is -2.29. The number of carbonyl (C=O) groups excluding carboxylic acids is 2. The van der Waals surface area contributed by atoms with Gasteiger partial charge in [0, 0.05) is 37.2 Å². The number of carbonyl (C=O) groups is 3. The Morgan fingerprint density at radius 1 is 1.22 bits per heavy atom. The Hall–Kier alpha value is -3.77. The van der Waals surface area contributed by atoms with Gasteiger partial charge in [-0.05, 0) is 49.8 Å². The molecule has 1 saturated heterocycles. The third-order valence-corrected chi connectivity index (χ3v) is 6.15. The van der Waals surface area contributed by atoms with Gasteiger partial charge in [-0.3, -0.25) is 14.9 Å². The number of hydrogen-bond acceptors (Lipinski definition) is 6. The number of benzene rings is 1. The van der Waals surface area contributed by atoms with E-state index in [9.17, 15) is 22.8 Å². The number of piperidine rings is 1. The van der Waals surface area contributed by atoms with Crippen molar-refractivity contribution in [2.45, 2.75) is 56.7 Å². The van der Waals surface area contributed by atoms with Crippen LogP contribution in [0.1, 0.15) is 50.0 Å². The summed E-state index contributed by atoms with van der Waals surface area (Å²) in [6.07, 6.45) is 3.60. The van der Waals surface area contributed by atoms with Gasteiger partial charge in [0.15, 0.2) is 11.5 Å². The lowest BCUT2D eigenvalue weighted by molar-refractivity contribution is -0.192. The number of rotatable bonds is 7.